The fraction of sp³-hybridized carbons (Fsp3) is 0.400. The molecule has 0 radical (unpaired) electrons. The first kappa shape index (κ1) is 12.7. The Morgan fingerprint density at radius 3 is 3.12 bits per heavy atom. The van der Waals surface area contributed by atoms with Gasteiger partial charge in [-0.15, -0.1) is 11.3 Å². The van der Waals surface area contributed by atoms with Crippen molar-refractivity contribution in [2.75, 3.05) is 13.7 Å². The van der Waals surface area contributed by atoms with Crippen molar-refractivity contribution in [1.29, 1.82) is 0 Å². The van der Waals surface area contributed by atoms with Gasteiger partial charge in [0.05, 0.1) is 40.7 Å². The van der Waals surface area contributed by atoms with E-state index in [2.05, 4.69) is 26.0 Å². The van der Waals surface area contributed by atoms with Gasteiger partial charge in [0, 0.05) is 12.5 Å². The smallest absolute Gasteiger partial charge is 0.139 e. The first-order valence-electron chi connectivity index (χ1n) is 5.00. The molecule has 2 aromatic rings. The van der Waals surface area contributed by atoms with Crippen LogP contribution in [0.2, 0.25) is 0 Å². The molecule has 0 amide bonds. The molecule has 2 rings (SSSR count). The fourth-order valence-corrected chi connectivity index (χ4v) is 2.58. The number of hydrogen-bond acceptors (Lipinski definition) is 5. The summed E-state index contributed by atoms with van der Waals surface area (Å²) >= 11 is 4.84. The molecule has 92 valence electrons. The minimum Gasteiger partial charge on any atom is -0.383 e. The lowest BCUT2D eigenvalue weighted by Gasteiger charge is -2.12. The largest absolute Gasteiger partial charge is 0.383 e. The Morgan fingerprint density at radius 2 is 2.47 bits per heavy atom. The van der Waals surface area contributed by atoms with Crippen LogP contribution < -0.4 is 0 Å². The molecule has 0 aromatic carbocycles. The normalized spacial score (nSPS) is 12.9. The Hall–Kier alpha value is -0.760. The van der Waals surface area contributed by atoms with Gasteiger partial charge < -0.3 is 9.84 Å². The van der Waals surface area contributed by atoms with Crippen molar-refractivity contribution in [2.24, 2.45) is 0 Å². The number of aliphatic hydroxyl groups excluding tert-OH is 1. The molecule has 0 bridgehead atoms. The molecule has 0 aliphatic heterocycles. The van der Waals surface area contributed by atoms with Crippen LogP contribution in [0.3, 0.4) is 0 Å². The fourth-order valence-electron chi connectivity index (χ4n) is 1.50. The summed E-state index contributed by atoms with van der Waals surface area (Å²) in [6.45, 7) is 1.14. The van der Waals surface area contributed by atoms with Gasteiger partial charge in [-0.25, -0.2) is 4.98 Å². The molecular formula is C10H12BrN3O2S. The SMILES string of the molecule is COCCn1ncc(Br)c1C(O)c1cscn1. The molecule has 0 spiro atoms. The van der Waals surface area contributed by atoms with Gasteiger partial charge >= 0.3 is 0 Å². The van der Waals surface area contributed by atoms with Gasteiger partial charge in [0.25, 0.3) is 0 Å². The van der Waals surface area contributed by atoms with E-state index in [4.69, 9.17) is 4.74 Å². The van der Waals surface area contributed by atoms with Crippen LogP contribution in [0.5, 0.6) is 0 Å². The molecular weight excluding hydrogens is 306 g/mol. The number of aromatic nitrogens is 3. The molecule has 7 heteroatoms. The first-order chi connectivity index (χ1) is 8.24. The van der Waals surface area contributed by atoms with E-state index < -0.39 is 6.10 Å². The molecule has 1 atom stereocenters. The van der Waals surface area contributed by atoms with Crippen molar-refractivity contribution in [3.05, 3.63) is 32.9 Å². The highest BCUT2D eigenvalue weighted by Crippen LogP contribution is 2.28. The van der Waals surface area contributed by atoms with Gasteiger partial charge in [0.1, 0.15) is 6.10 Å². The highest BCUT2D eigenvalue weighted by Gasteiger charge is 2.20. The van der Waals surface area contributed by atoms with Gasteiger partial charge in [-0.05, 0) is 15.9 Å². The van der Waals surface area contributed by atoms with Gasteiger partial charge in [-0.3, -0.25) is 4.68 Å². The average molecular weight is 318 g/mol. The van der Waals surface area contributed by atoms with Crippen LogP contribution in [-0.2, 0) is 11.3 Å². The van der Waals surface area contributed by atoms with Crippen molar-refractivity contribution in [3.63, 3.8) is 0 Å². The summed E-state index contributed by atoms with van der Waals surface area (Å²) in [5.74, 6) is 0. The molecule has 0 aliphatic carbocycles. The molecule has 2 heterocycles. The number of nitrogens with zero attached hydrogens (tertiary/aromatic N) is 3. The Kier molecular flexibility index (Phi) is 4.27. The predicted molar refractivity (Wildman–Crippen MR) is 68.0 cm³/mol. The number of halogens is 1. The third kappa shape index (κ3) is 2.74. The van der Waals surface area contributed by atoms with Crippen molar-refractivity contribution in [1.82, 2.24) is 14.8 Å². The van der Waals surface area contributed by atoms with Crippen molar-refractivity contribution >= 4 is 27.3 Å². The van der Waals surface area contributed by atoms with Crippen LogP contribution in [0.4, 0.5) is 0 Å². The minimum atomic E-state index is -0.769. The molecule has 0 aliphatic rings. The maximum atomic E-state index is 10.2. The summed E-state index contributed by atoms with van der Waals surface area (Å²) < 4.78 is 7.50. The maximum Gasteiger partial charge on any atom is 0.139 e. The minimum absolute atomic E-state index is 0.547. The molecule has 0 fully saturated rings. The highest BCUT2D eigenvalue weighted by atomic mass is 79.9. The molecule has 1 unspecified atom stereocenters. The molecule has 0 saturated heterocycles. The van der Waals surface area contributed by atoms with Crippen LogP contribution >= 0.6 is 27.3 Å². The second kappa shape index (κ2) is 5.72. The molecule has 2 aromatic heterocycles. The second-order valence-electron chi connectivity index (χ2n) is 3.41. The lowest BCUT2D eigenvalue weighted by Crippen LogP contribution is -2.13. The van der Waals surface area contributed by atoms with E-state index in [9.17, 15) is 5.11 Å². The Morgan fingerprint density at radius 1 is 1.65 bits per heavy atom. The third-order valence-corrected chi connectivity index (χ3v) is 3.55. The van der Waals surface area contributed by atoms with E-state index in [-0.39, 0.29) is 0 Å². The summed E-state index contributed by atoms with van der Waals surface area (Å²) in [7, 11) is 1.63. The van der Waals surface area contributed by atoms with E-state index in [1.165, 1.54) is 11.3 Å². The van der Waals surface area contributed by atoms with E-state index in [1.54, 1.807) is 23.5 Å². The quantitative estimate of drug-likeness (QED) is 0.914. The monoisotopic (exact) mass is 317 g/mol. The van der Waals surface area contributed by atoms with Crippen molar-refractivity contribution < 1.29 is 9.84 Å². The Labute approximate surface area is 111 Å². The van der Waals surface area contributed by atoms with Gasteiger partial charge in [-0.2, -0.15) is 5.10 Å². The predicted octanol–water partition coefficient (Wildman–Crippen LogP) is 1.83. The maximum absolute atomic E-state index is 10.2. The summed E-state index contributed by atoms with van der Waals surface area (Å²) in [6, 6.07) is 0. The zero-order valence-electron chi connectivity index (χ0n) is 9.21. The number of hydrogen-bond donors (Lipinski definition) is 1. The molecule has 17 heavy (non-hydrogen) atoms. The lowest BCUT2D eigenvalue weighted by atomic mass is 10.2. The zero-order valence-corrected chi connectivity index (χ0v) is 11.6. The first-order valence-corrected chi connectivity index (χ1v) is 6.74. The zero-order chi connectivity index (χ0) is 12.3. The highest BCUT2D eigenvalue weighted by molar-refractivity contribution is 9.10. The number of thiazole rings is 1. The summed E-state index contributed by atoms with van der Waals surface area (Å²) in [4.78, 5) is 4.11. The Balaban J connectivity index is 2.27. The number of rotatable bonds is 5. The third-order valence-electron chi connectivity index (χ3n) is 2.33. The van der Waals surface area contributed by atoms with Gasteiger partial charge in [-0.1, -0.05) is 0 Å². The van der Waals surface area contributed by atoms with E-state index in [1.807, 2.05) is 5.38 Å². The average Bonchev–Trinajstić information content (AvgIpc) is 2.95. The topological polar surface area (TPSA) is 60.2 Å². The molecule has 1 N–H and O–H groups in total. The van der Waals surface area contributed by atoms with Crippen molar-refractivity contribution in [2.45, 2.75) is 12.6 Å². The molecule has 0 saturated carbocycles. The van der Waals surface area contributed by atoms with Crippen LogP contribution in [-0.4, -0.2) is 33.6 Å². The van der Waals surface area contributed by atoms with E-state index >= 15 is 0 Å². The number of methoxy groups -OCH3 is 1. The number of ether oxygens (including phenoxy) is 1. The van der Waals surface area contributed by atoms with Gasteiger partial charge in [0.2, 0.25) is 0 Å². The van der Waals surface area contributed by atoms with Crippen molar-refractivity contribution in [3.8, 4) is 0 Å². The van der Waals surface area contributed by atoms with Crippen LogP contribution in [0, 0.1) is 0 Å². The number of aliphatic hydroxyl groups is 1. The van der Waals surface area contributed by atoms with Crippen LogP contribution in [0.15, 0.2) is 21.6 Å². The van der Waals surface area contributed by atoms with E-state index in [0.29, 0.717) is 24.5 Å². The second-order valence-corrected chi connectivity index (χ2v) is 4.98. The van der Waals surface area contributed by atoms with E-state index in [0.717, 1.165) is 4.47 Å². The Bertz CT molecular complexity index is 472. The van der Waals surface area contributed by atoms with Crippen LogP contribution in [0.25, 0.3) is 0 Å². The summed E-state index contributed by atoms with van der Waals surface area (Å²) in [6.07, 6.45) is 0.899. The lowest BCUT2D eigenvalue weighted by molar-refractivity contribution is 0.170. The standard InChI is InChI=1S/C10H12BrN3O2S/c1-16-3-2-14-9(7(11)4-13-14)10(15)8-5-17-6-12-8/h4-6,10,15H,2-3H2,1H3. The van der Waals surface area contributed by atoms with Gasteiger partial charge in [0.15, 0.2) is 0 Å². The summed E-state index contributed by atoms with van der Waals surface area (Å²) in [5, 5.41) is 16.3. The molecule has 5 nitrogen and oxygen atoms in total. The van der Waals surface area contributed by atoms with Crippen LogP contribution in [0.1, 0.15) is 17.5 Å². The summed E-state index contributed by atoms with van der Waals surface area (Å²) in [5.41, 5.74) is 3.03.